The van der Waals surface area contributed by atoms with Gasteiger partial charge < -0.3 is 0 Å². The molecule has 0 aliphatic heterocycles. The summed E-state index contributed by atoms with van der Waals surface area (Å²) in [6, 6.07) is 17.1. The summed E-state index contributed by atoms with van der Waals surface area (Å²) < 4.78 is 27.7. The summed E-state index contributed by atoms with van der Waals surface area (Å²) in [7, 11) is -3.43. The second-order valence-corrected chi connectivity index (χ2v) is 7.80. The fourth-order valence-corrected chi connectivity index (χ4v) is 4.17. The third-order valence-corrected chi connectivity index (χ3v) is 5.68. The summed E-state index contributed by atoms with van der Waals surface area (Å²) in [6.07, 6.45) is 4.74. The lowest BCUT2D eigenvalue weighted by Gasteiger charge is -2.12. The predicted molar refractivity (Wildman–Crippen MR) is 93.6 cm³/mol. The van der Waals surface area contributed by atoms with Gasteiger partial charge in [0.2, 0.25) is 10.0 Å². The van der Waals surface area contributed by atoms with Crippen LogP contribution in [0.5, 0.6) is 0 Å². The van der Waals surface area contributed by atoms with Gasteiger partial charge >= 0.3 is 0 Å². The molecule has 0 aromatic heterocycles. The van der Waals surface area contributed by atoms with Crippen molar-refractivity contribution in [2.24, 2.45) is 0 Å². The molecule has 120 valence electrons. The fourth-order valence-electron chi connectivity index (χ4n) is 2.90. The first-order valence-electron chi connectivity index (χ1n) is 7.86. The van der Waals surface area contributed by atoms with E-state index in [2.05, 4.69) is 22.9 Å². The van der Waals surface area contributed by atoms with Crippen LogP contribution in [-0.2, 0) is 10.0 Å². The maximum absolute atomic E-state index is 12.4. The minimum Gasteiger partial charge on any atom is -0.208 e. The summed E-state index contributed by atoms with van der Waals surface area (Å²) in [5.74, 6) is 0. The van der Waals surface area contributed by atoms with Crippen molar-refractivity contribution < 1.29 is 8.42 Å². The number of hydrogen-bond acceptors (Lipinski definition) is 2. The summed E-state index contributed by atoms with van der Waals surface area (Å²) in [4.78, 5) is 0.337. The van der Waals surface area contributed by atoms with Crippen LogP contribution in [0, 0.1) is 6.92 Å². The van der Waals surface area contributed by atoms with Gasteiger partial charge in [0.1, 0.15) is 0 Å². The zero-order valence-corrected chi connectivity index (χ0v) is 14.0. The molecule has 1 saturated carbocycles. The lowest BCUT2D eigenvalue weighted by Crippen LogP contribution is -2.32. The van der Waals surface area contributed by atoms with Gasteiger partial charge in [0.25, 0.3) is 0 Å². The monoisotopic (exact) mass is 327 g/mol. The minimum absolute atomic E-state index is 0.0173. The third kappa shape index (κ3) is 4.09. The van der Waals surface area contributed by atoms with Gasteiger partial charge in [-0.1, -0.05) is 59.7 Å². The number of rotatable bonds is 4. The maximum atomic E-state index is 12.4. The molecule has 23 heavy (non-hydrogen) atoms. The SMILES string of the molecule is Cc1ccc(S(=O)(=O)NC2CC/C(=C/c3ccccc3)C2)cc1. The van der Waals surface area contributed by atoms with Crippen molar-refractivity contribution in [1.82, 2.24) is 4.72 Å². The van der Waals surface area contributed by atoms with E-state index in [4.69, 9.17) is 0 Å². The van der Waals surface area contributed by atoms with Crippen molar-refractivity contribution in [3.8, 4) is 0 Å². The van der Waals surface area contributed by atoms with Crippen LogP contribution in [0.15, 0.2) is 65.1 Å². The lowest BCUT2D eigenvalue weighted by molar-refractivity contribution is 0.554. The third-order valence-electron chi connectivity index (χ3n) is 4.15. The molecule has 2 aromatic rings. The second kappa shape index (κ2) is 6.69. The summed E-state index contributed by atoms with van der Waals surface area (Å²) in [5.41, 5.74) is 3.52. The molecule has 3 nitrogen and oxygen atoms in total. The molecule has 0 amide bonds. The van der Waals surface area contributed by atoms with Gasteiger partial charge in [-0.3, -0.25) is 0 Å². The van der Waals surface area contributed by atoms with Crippen LogP contribution in [-0.4, -0.2) is 14.5 Å². The van der Waals surface area contributed by atoms with E-state index in [0.29, 0.717) is 4.90 Å². The van der Waals surface area contributed by atoms with E-state index >= 15 is 0 Å². The molecule has 1 fully saturated rings. The number of benzene rings is 2. The molecule has 0 spiro atoms. The molecule has 1 unspecified atom stereocenters. The van der Waals surface area contributed by atoms with E-state index in [0.717, 1.165) is 24.8 Å². The first-order valence-corrected chi connectivity index (χ1v) is 9.35. The van der Waals surface area contributed by atoms with Gasteiger partial charge in [-0.2, -0.15) is 0 Å². The fraction of sp³-hybridized carbons (Fsp3) is 0.263. The van der Waals surface area contributed by atoms with Crippen molar-refractivity contribution in [2.45, 2.75) is 37.1 Å². The Hall–Kier alpha value is -1.91. The Morgan fingerprint density at radius 2 is 1.74 bits per heavy atom. The molecule has 0 saturated heterocycles. The van der Waals surface area contributed by atoms with Crippen molar-refractivity contribution >= 4 is 16.1 Å². The molecule has 0 bridgehead atoms. The van der Waals surface area contributed by atoms with Crippen LogP contribution in [0.1, 0.15) is 30.4 Å². The zero-order chi connectivity index (χ0) is 16.3. The molecule has 2 aromatic carbocycles. The topological polar surface area (TPSA) is 46.2 Å². The molecular weight excluding hydrogens is 306 g/mol. The number of aryl methyl sites for hydroxylation is 1. The van der Waals surface area contributed by atoms with Gasteiger partial charge in [0, 0.05) is 6.04 Å². The molecule has 1 atom stereocenters. The van der Waals surface area contributed by atoms with E-state index in [9.17, 15) is 8.42 Å². The van der Waals surface area contributed by atoms with E-state index in [1.807, 2.05) is 37.3 Å². The lowest BCUT2D eigenvalue weighted by atomic mass is 10.1. The average Bonchev–Trinajstić information content (AvgIpc) is 2.95. The Bertz CT molecular complexity index is 793. The highest BCUT2D eigenvalue weighted by atomic mass is 32.2. The Kier molecular flexibility index (Phi) is 4.64. The van der Waals surface area contributed by atoms with E-state index in [-0.39, 0.29) is 6.04 Å². The Balaban J connectivity index is 1.68. The first-order chi connectivity index (χ1) is 11.0. The summed E-state index contributed by atoms with van der Waals surface area (Å²) >= 11 is 0. The van der Waals surface area contributed by atoms with Crippen LogP contribution in [0.3, 0.4) is 0 Å². The molecule has 1 aliphatic carbocycles. The molecule has 4 heteroatoms. The second-order valence-electron chi connectivity index (χ2n) is 6.09. The molecular formula is C19H21NO2S. The highest BCUT2D eigenvalue weighted by molar-refractivity contribution is 7.89. The predicted octanol–water partition coefficient (Wildman–Crippen LogP) is 3.91. The Morgan fingerprint density at radius 3 is 2.43 bits per heavy atom. The minimum atomic E-state index is -3.43. The average molecular weight is 327 g/mol. The normalized spacial score (nSPS) is 20.0. The van der Waals surface area contributed by atoms with Crippen LogP contribution >= 0.6 is 0 Å². The van der Waals surface area contributed by atoms with Crippen molar-refractivity contribution in [1.29, 1.82) is 0 Å². The van der Waals surface area contributed by atoms with Crippen LogP contribution in [0.2, 0.25) is 0 Å². The smallest absolute Gasteiger partial charge is 0.208 e. The van der Waals surface area contributed by atoms with Gasteiger partial charge in [0.05, 0.1) is 4.90 Å². The van der Waals surface area contributed by atoms with E-state index in [1.54, 1.807) is 12.1 Å². The van der Waals surface area contributed by atoms with Gasteiger partial charge in [0.15, 0.2) is 0 Å². The quantitative estimate of drug-likeness (QED) is 0.925. The van der Waals surface area contributed by atoms with Crippen LogP contribution < -0.4 is 4.72 Å². The number of hydrogen-bond donors (Lipinski definition) is 1. The number of nitrogens with one attached hydrogen (secondary N) is 1. The zero-order valence-electron chi connectivity index (χ0n) is 13.2. The standard InChI is InChI=1S/C19H21NO2S/c1-15-7-11-19(12-8-15)23(21,22)20-18-10-9-17(14-18)13-16-5-3-2-4-6-16/h2-8,11-13,18,20H,9-10,14H2,1H3/b17-13-. The highest BCUT2D eigenvalue weighted by Crippen LogP contribution is 2.28. The Labute approximate surface area is 138 Å². The largest absolute Gasteiger partial charge is 0.240 e. The molecule has 1 aliphatic rings. The molecule has 1 N–H and O–H groups in total. The van der Waals surface area contributed by atoms with Crippen LogP contribution in [0.4, 0.5) is 0 Å². The van der Waals surface area contributed by atoms with E-state index in [1.165, 1.54) is 11.1 Å². The van der Waals surface area contributed by atoms with Gasteiger partial charge in [-0.15, -0.1) is 0 Å². The van der Waals surface area contributed by atoms with Crippen molar-refractivity contribution in [3.63, 3.8) is 0 Å². The van der Waals surface area contributed by atoms with Gasteiger partial charge in [-0.25, -0.2) is 13.1 Å². The van der Waals surface area contributed by atoms with Crippen LogP contribution in [0.25, 0.3) is 6.08 Å². The summed E-state index contributed by atoms with van der Waals surface area (Å²) in [5, 5.41) is 0. The van der Waals surface area contributed by atoms with Crippen molar-refractivity contribution in [2.75, 3.05) is 0 Å². The van der Waals surface area contributed by atoms with E-state index < -0.39 is 10.0 Å². The highest BCUT2D eigenvalue weighted by Gasteiger charge is 2.25. The van der Waals surface area contributed by atoms with Gasteiger partial charge in [-0.05, 0) is 43.9 Å². The molecule has 0 radical (unpaired) electrons. The van der Waals surface area contributed by atoms with Crippen molar-refractivity contribution in [3.05, 3.63) is 71.3 Å². The maximum Gasteiger partial charge on any atom is 0.240 e. The number of sulfonamides is 1. The first kappa shape index (κ1) is 16.0. The Morgan fingerprint density at radius 1 is 1.04 bits per heavy atom. The molecule has 3 rings (SSSR count). The summed E-state index contributed by atoms with van der Waals surface area (Å²) in [6.45, 7) is 1.95. The molecule has 0 heterocycles.